The van der Waals surface area contributed by atoms with Crippen LogP contribution in [0.2, 0.25) is 0 Å². The van der Waals surface area contributed by atoms with Crippen molar-refractivity contribution >= 4 is 11.3 Å². The highest BCUT2D eigenvalue weighted by Crippen LogP contribution is 2.33. The third kappa shape index (κ3) is 2.39. The van der Waals surface area contributed by atoms with Crippen molar-refractivity contribution in [3.63, 3.8) is 0 Å². The summed E-state index contributed by atoms with van der Waals surface area (Å²) in [5, 5.41) is 10.7. The first-order valence-corrected chi connectivity index (χ1v) is 7.52. The second-order valence-corrected chi connectivity index (χ2v) is 6.39. The second-order valence-electron chi connectivity index (χ2n) is 5.50. The van der Waals surface area contributed by atoms with E-state index in [1.54, 1.807) is 11.3 Å². The maximum atomic E-state index is 4.54. The van der Waals surface area contributed by atoms with Gasteiger partial charge >= 0.3 is 0 Å². The molecule has 17 heavy (non-hydrogen) atoms. The summed E-state index contributed by atoms with van der Waals surface area (Å²) in [6.07, 6.45) is 4.13. The third-order valence-corrected chi connectivity index (χ3v) is 5.27. The lowest BCUT2D eigenvalue weighted by Crippen LogP contribution is -2.32. The standard InChI is InChI=1S/C13H21N3S/c1-8-7-17-13(15-8)9(2)14-6-10-5-11-3-4-12(10)16-11/h7,9-12,14,16H,3-6H2,1-2H3. The first-order chi connectivity index (χ1) is 8.22. The monoisotopic (exact) mass is 251 g/mol. The number of rotatable bonds is 4. The molecule has 0 saturated carbocycles. The molecule has 3 nitrogen and oxygen atoms in total. The largest absolute Gasteiger partial charge is 0.311 e. The van der Waals surface area contributed by atoms with E-state index in [2.05, 4.69) is 34.8 Å². The Kier molecular flexibility index (Phi) is 3.19. The minimum Gasteiger partial charge on any atom is -0.311 e. The van der Waals surface area contributed by atoms with E-state index in [1.807, 2.05) is 0 Å². The lowest BCUT2D eigenvalue weighted by Gasteiger charge is -2.22. The van der Waals surface area contributed by atoms with Crippen LogP contribution in [0, 0.1) is 12.8 Å². The molecule has 1 aromatic rings. The number of fused-ring (bicyclic) bond motifs is 2. The predicted octanol–water partition coefficient (Wildman–Crippen LogP) is 2.24. The molecule has 2 aliphatic rings. The highest BCUT2D eigenvalue weighted by Gasteiger charge is 2.38. The Bertz CT molecular complexity index is 390. The van der Waals surface area contributed by atoms with Crippen molar-refractivity contribution in [2.75, 3.05) is 6.54 Å². The quantitative estimate of drug-likeness (QED) is 0.862. The summed E-state index contributed by atoms with van der Waals surface area (Å²) in [6.45, 7) is 5.42. The topological polar surface area (TPSA) is 37.0 Å². The molecule has 3 rings (SSSR count). The zero-order valence-electron chi connectivity index (χ0n) is 10.6. The molecule has 2 aliphatic heterocycles. The van der Waals surface area contributed by atoms with E-state index >= 15 is 0 Å². The molecule has 2 saturated heterocycles. The van der Waals surface area contributed by atoms with Gasteiger partial charge in [0.25, 0.3) is 0 Å². The average molecular weight is 251 g/mol. The van der Waals surface area contributed by atoms with Gasteiger partial charge in [-0.25, -0.2) is 4.98 Å². The summed E-state index contributed by atoms with van der Waals surface area (Å²) in [7, 11) is 0. The minimum atomic E-state index is 0.396. The fourth-order valence-corrected chi connectivity index (χ4v) is 3.98. The summed E-state index contributed by atoms with van der Waals surface area (Å²) >= 11 is 1.77. The predicted molar refractivity (Wildman–Crippen MR) is 71.3 cm³/mol. The van der Waals surface area contributed by atoms with Crippen molar-refractivity contribution in [1.82, 2.24) is 15.6 Å². The molecule has 0 amide bonds. The number of hydrogen-bond donors (Lipinski definition) is 2. The maximum Gasteiger partial charge on any atom is 0.110 e. The fourth-order valence-electron chi connectivity index (χ4n) is 3.15. The molecule has 4 unspecified atom stereocenters. The molecule has 94 valence electrons. The van der Waals surface area contributed by atoms with Gasteiger partial charge in [0.1, 0.15) is 5.01 Å². The van der Waals surface area contributed by atoms with E-state index in [-0.39, 0.29) is 0 Å². The van der Waals surface area contributed by atoms with Gasteiger partial charge in [-0.05, 0) is 39.0 Å². The first-order valence-electron chi connectivity index (χ1n) is 6.64. The Morgan fingerprint density at radius 3 is 3.06 bits per heavy atom. The van der Waals surface area contributed by atoms with Crippen LogP contribution in [0.4, 0.5) is 0 Å². The van der Waals surface area contributed by atoms with Crippen molar-refractivity contribution in [3.8, 4) is 0 Å². The van der Waals surface area contributed by atoms with Gasteiger partial charge in [-0.15, -0.1) is 11.3 Å². The summed E-state index contributed by atoms with van der Waals surface area (Å²) in [4.78, 5) is 4.54. The first kappa shape index (κ1) is 11.6. The Morgan fingerprint density at radius 2 is 2.47 bits per heavy atom. The summed E-state index contributed by atoms with van der Waals surface area (Å²) in [5.74, 6) is 0.831. The van der Waals surface area contributed by atoms with Crippen LogP contribution in [0.1, 0.15) is 42.9 Å². The Hall–Kier alpha value is -0.450. The Labute approximate surface area is 107 Å². The fraction of sp³-hybridized carbons (Fsp3) is 0.769. The molecule has 0 aromatic carbocycles. The van der Waals surface area contributed by atoms with Crippen LogP contribution < -0.4 is 10.6 Å². The molecule has 4 heteroatoms. The highest BCUT2D eigenvalue weighted by molar-refractivity contribution is 7.09. The van der Waals surface area contributed by atoms with Gasteiger partial charge in [-0.2, -0.15) is 0 Å². The smallest absolute Gasteiger partial charge is 0.110 e. The van der Waals surface area contributed by atoms with E-state index in [0.717, 1.165) is 30.2 Å². The van der Waals surface area contributed by atoms with Gasteiger partial charge in [-0.1, -0.05) is 0 Å². The van der Waals surface area contributed by atoms with Crippen LogP contribution in [0.5, 0.6) is 0 Å². The molecule has 0 spiro atoms. The third-order valence-electron chi connectivity index (χ3n) is 4.13. The van der Waals surface area contributed by atoms with E-state index in [1.165, 1.54) is 24.3 Å². The van der Waals surface area contributed by atoms with Gasteiger partial charge < -0.3 is 10.6 Å². The van der Waals surface area contributed by atoms with Crippen molar-refractivity contribution in [1.29, 1.82) is 0 Å². The normalized spacial score (nSPS) is 33.2. The van der Waals surface area contributed by atoms with E-state index in [0.29, 0.717) is 6.04 Å². The van der Waals surface area contributed by atoms with Gasteiger partial charge in [-0.3, -0.25) is 0 Å². The van der Waals surface area contributed by atoms with Crippen molar-refractivity contribution < 1.29 is 0 Å². The van der Waals surface area contributed by atoms with Crippen molar-refractivity contribution in [3.05, 3.63) is 16.1 Å². The Balaban J connectivity index is 1.51. The zero-order chi connectivity index (χ0) is 11.8. The number of nitrogens with one attached hydrogen (secondary N) is 2. The zero-order valence-corrected chi connectivity index (χ0v) is 11.4. The van der Waals surface area contributed by atoms with Crippen LogP contribution in [-0.2, 0) is 0 Å². The summed E-state index contributed by atoms with van der Waals surface area (Å²) in [6, 6.07) is 1.98. The van der Waals surface area contributed by atoms with Crippen molar-refractivity contribution in [2.45, 2.75) is 51.2 Å². The van der Waals surface area contributed by atoms with Gasteiger partial charge in [0.15, 0.2) is 0 Å². The maximum absolute atomic E-state index is 4.54. The molecule has 1 aromatic heterocycles. The molecule has 4 atom stereocenters. The summed E-state index contributed by atoms with van der Waals surface area (Å²) < 4.78 is 0. The Morgan fingerprint density at radius 1 is 1.59 bits per heavy atom. The van der Waals surface area contributed by atoms with E-state index in [4.69, 9.17) is 0 Å². The van der Waals surface area contributed by atoms with Gasteiger partial charge in [0.2, 0.25) is 0 Å². The van der Waals surface area contributed by atoms with E-state index in [9.17, 15) is 0 Å². The molecule has 2 fully saturated rings. The highest BCUT2D eigenvalue weighted by atomic mass is 32.1. The molecular weight excluding hydrogens is 230 g/mol. The molecule has 0 radical (unpaired) electrons. The van der Waals surface area contributed by atoms with Crippen LogP contribution in [-0.4, -0.2) is 23.6 Å². The van der Waals surface area contributed by atoms with E-state index < -0.39 is 0 Å². The van der Waals surface area contributed by atoms with Crippen LogP contribution in [0.25, 0.3) is 0 Å². The lowest BCUT2D eigenvalue weighted by atomic mass is 9.89. The number of aromatic nitrogens is 1. The SMILES string of the molecule is Cc1csc(C(C)NCC2CC3CCC2N3)n1. The number of aryl methyl sites for hydroxylation is 1. The molecule has 3 heterocycles. The van der Waals surface area contributed by atoms with Crippen molar-refractivity contribution in [2.24, 2.45) is 5.92 Å². The molecular formula is C13H21N3S. The molecule has 2 bridgehead atoms. The van der Waals surface area contributed by atoms with Gasteiger partial charge in [0.05, 0.1) is 6.04 Å². The van der Waals surface area contributed by atoms with Crippen LogP contribution in [0.3, 0.4) is 0 Å². The average Bonchev–Trinajstić information content (AvgIpc) is 3.01. The van der Waals surface area contributed by atoms with Gasteiger partial charge in [0, 0.05) is 29.7 Å². The van der Waals surface area contributed by atoms with Crippen LogP contribution >= 0.6 is 11.3 Å². The number of nitrogens with zero attached hydrogens (tertiary/aromatic N) is 1. The number of hydrogen-bond acceptors (Lipinski definition) is 4. The molecule has 2 N–H and O–H groups in total. The number of thiazole rings is 1. The minimum absolute atomic E-state index is 0.396. The van der Waals surface area contributed by atoms with Crippen LogP contribution in [0.15, 0.2) is 5.38 Å². The second kappa shape index (κ2) is 4.67. The lowest BCUT2D eigenvalue weighted by molar-refractivity contribution is 0.368. The molecule has 0 aliphatic carbocycles. The summed E-state index contributed by atoms with van der Waals surface area (Å²) in [5.41, 5.74) is 1.14.